The summed E-state index contributed by atoms with van der Waals surface area (Å²) in [5.74, 6) is 0.978. The van der Waals surface area contributed by atoms with Crippen molar-refractivity contribution in [2.24, 2.45) is 0 Å². The summed E-state index contributed by atoms with van der Waals surface area (Å²) in [6, 6.07) is 4.00. The molecular formula is C16H25ClN2O4S. The van der Waals surface area contributed by atoms with E-state index in [0.29, 0.717) is 41.1 Å². The molecule has 0 spiro atoms. The predicted octanol–water partition coefficient (Wildman–Crippen LogP) is 1.95. The Bertz CT molecular complexity index is 696. The number of ether oxygens (including phenoxy) is 2. The Labute approximate surface area is 150 Å². The van der Waals surface area contributed by atoms with Crippen molar-refractivity contribution in [1.82, 2.24) is 9.62 Å². The standard InChI is InChI=1S/C16H24N2O4S.ClH/c1-11-8-14(21-2)15(22-3)9-16(11)23(19,20)18-7-6-12-4-5-13(10-18)17-12;/h8-9,12-13,17H,4-7,10H2,1-3H3;1H. The van der Waals surface area contributed by atoms with E-state index in [9.17, 15) is 8.42 Å². The average Bonchev–Trinajstić information content (AvgIpc) is 2.85. The zero-order chi connectivity index (χ0) is 16.6. The second kappa shape index (κ2) is 7.47. The maximum absolute atomic E-state index is 13.1. The predicted molar refractivity (Wildman–Crippen MR) is 94.9 cm³/mol. The minimum Gasteiger partial charge on any atom is -0.493 e. The molecular weight excluding hydrogens is 352 g/mol. The van der Waals surface area contributed by atoms with E-state index >= 15 is 0 Å². The highest BCUT2D eigenvalue weighted by atomic mass is 35.5. The number of methoxy groups -OCH3 is 2. The first-order valence-electron chi connectivity index (χ1n) is 7.94. The van der Waals surface area contributed by atoms with Crippen LogP contribution in [0.25, 0.3) is 0 Å². The van der Waals surface area contributed by atoms with Gasteiger partial charge in [0.25, 0.3) is 0 Å². The van der Waals surface area contributed by atoms with E-state index in [2.05, 4.69) is 5.32 Å². The number of halogens is 1. The van der Waals surface area contributed by atoms with Crippen molar-refractivity contribution in [3.63, 3.8) is 0 Å². The van der Waals surface area contributed by atoms with Crippen molar-refractivity contribution in [3.8, 4) is 11.5 Å². The number of sulfonamides is 1. The summed E-state index contributed by atoms with van der Waals surface area (Å²) in [6.45, 7) is 2.88. The van der Waals surface area contributed by atoms with Gasteiger partial charge in [0.2, 0.25) is 10.0 Å². The summed E-state index contributed by atoms with van der Waals surface area (Å²) in [7, 11) is -0.482. The van der Waals surface area contributed by atoms with Crippen LogP contribution in [0, 0.1) is 6.92 Å². The Hall–Kier alpha value is -1.02. The fourth-order valence-electron chi connectivity index (χ4n) is 3.51. The molecule has 8 heteroatoms. The van der Waals surface area contributed by atoms with Crippen LogP contribution in [-0.2, 0) is 10.0 Å². The topological polar surface area (TPSA) is 67.9 Å². The van der Waals surface area contributed by atoms with Crippen molar-refractivity contribution in [2.45, 2.75) is 43.2 Å². The molecule has 2 unspecified atom stereocenters. The summed E-state index contributed by atoms with van der Waals surface area (Å²) in [4.78, 5) is 0.299. The molecule has 2 aliphatic rings. The molecule has 0 radical (unpaired) electrons. The lowest BCUT2D eigenvalue weighted by molar-refractivity contribution is 0.352. The first kappa shape index (κ1) is 19.3. The summed E-state index contributed by atoms with van der Waals surface area (Å²) in [5.41, 5.74) is 0.671. The van der Waals surface area contributed by atoms with E-state index in [4.69, 9.17) is 9.47 Å². The lowest BCUT2D eigenvalue weighted by Crippen LogP contribution is -2.39. The van der Waals surface area contributed by atoms with Crippen LogP contribution < -0.4 is 14.8 Å². The molecule has 2 aliphatic heterocycles. The number of hydrogen-bond acceptors (Lipinski definition) is 5. The molecule has 1 N–H and O–H groups in total. The normalized spacial score (nSPS) is 24.1. The molecule has 0 amide bonds. The van der Waals surface area contributed by atoms with Gasteiger partial charge in [0.15, 0.2) is 11.5 Å². The molecule has 136 valence electrons. The lowest BCUT2D eigenvalue weighted by atomic mass is 10.1. The number of aryl methyl sites for hydroxylation is 1. The number of benzene rings is 1. The minimum atomic E-state index is -3.54. The third kappa shape index (κ3) is 3.49. The molecule has 0 aromatic heterocycles. The zero-order valence-corrected chi connectivity index (χ0v) is 15.9. The van der Waals surface area contributed by atoms with Gasteiger partial charge in [-0.25, -0.2) is 8.42 Å². The molecule has 3 rings (SSSR count). The highest BCUT2D eigenvalue weighted by Crippen LogP contribution is 2.34. The molecule has 0 saturated carbocycles. The van der Waals surface area contributed by atoms with Crippen molar-refractivity contribution >= 4 is 22.4 Å². The molecule has 2 fully saturated rings. The Kier molecular flexibility index (Phi) is 6.01. The van der Waals surface area contributed by atoms with E-state index in [1.54, 1.807) is 30.5 Å². The number of nitrogens with zero attached hydrogens (tertiary/aromatic N) is 1. The van der Waals surface area contributed by atoms with Gasteiger partial charge in [0.1, 0.15) is 0 Å². The van der Waals surface area contributed by atoms with Crippen LogP contribution in [0.3, 0.4) is 0 Å². The van der Waals surface area contributed by atoms with Crippen LogP contribution in [0.1, 0.15) is 24.8 Å². The maximum atomic E-state index is 13.1. The summed E-state index contributed by atoms with van der Waals surface area (Å²) < 4.78 is 38.3. The van der Waals surface area contributed by atoms with Crippen LogP contribution in [0.15, 0.2) is 17.0 Å². The molecule has 6 nitrogen and oxygen atoms in total. The van der Waals surface area contributed by atoms with Crippen molar-refractivity contribution in [1.29, 1.82) is 0 Å². The Balaban J connectivity index is 0.00000208. The van der Waals surface area contributed by atoms with Crippen molar-refractivity contribution in [2.75, 3.05) is 27.3 Å². The molecule has 2 bridgehead atoms. The molecule has 2 atom stereocenters. The largest absolute Gasteiger partial charge is 0.493 e. The summed E-state index contributed by atoms with van der Waals surface area (Å²) in [5, 5.41) is 3.51. The van der Waals surface area contributed by atoms with Gasteiger partial charge in [0, 0.05) is 31.2 Å². The summed E-state index contributed by atoms with van der Waals surface area (Å²) >= 11 is 0. The fourth-order valence-corrected chi connectivity index (χ4v) is 5.23. The van der Waals surface area contributed by atoms with E-state index in [1.807, 2.05) is 0 Å². The van der Waals surface area contributed by atoms with Crippen molar-refractivity contribution in [3.05, 3.63) is 17.7 Å². The minimum absolute atomic E-state index is 0. The molecule has 2 heterocycles. The van der Waals surface area contributed by atoms with E-state index < -0.39 is 10.0 Å². The number of hydrogen-bond donors (Lipinski definition) is 1. The van der Waals surface area contributed by atoms with Gasteiger partial charge in [-0.15, -0.1) is 12.4 Å². The summed E-state index contributed by atoms with van der Waals surface area (Å²) in [6.07, 6.45) is 3.05. The van der Waals surface area contributed by atoms with Crippen LogP contribution in [0.2, 0.25) is 0 Å². The second-order valence-electron chi connectivity index (χ2n) is 6.26. The monoisotopic (exact) mass is 376 g/mol. The van der Waals surface area contributed by atoms with Gasteiger partial charge in [0.05, 0.1) is 19.1 Å². The smallest absolute Gasteiger partial charge is 0.243 e. The molecule has 1 aromatic carbocycles. The van der Waals surface area contributed by atoms with E-state index in [-0.39, 0.29) is 18.4 Å². The Morgan fingerprint density at radius 2 is 1.71 bits per heavy atom. The van der Waals surface area contributed by atoms with Gasteiger partial charge in [-0.3, -0.25) is 0 Å². The highest BCUT2D eigenvalue weighted by Gasteiger charge is 2.35. The molecule has 2 saturated heterocycles. The van der Waals surface area contributed by atoms with E-state index in [0.717, 1.165) is 19.3 Å². The van der Waals surface area contributed by atoms with Gasteiger partial charge in [-0.1, -0.05) is 0 Å². The van der Waals surface area contributed by atoms with E-state index in [1.165, 1.54) is 7.11 Å². The maximum Gasteiger partial charge on any atom is 0.243 e. The van der Waals surface area contributed by atoms with Crippen LogP contribution >= 0.6 is 12.4 Å². The van der Waals surface area contributed by atoms with Gasteiger partial charge in [-0.2, -0.15) is 4.31 Å². The van der Waals surface area contributed by atoms with Gasteiger partial charge < -0.3 is 14.8 Å². The molecule has 24 heavy (non-hydrogen) atoms. The average molecular weight is 377 g/mol. The number of nitrogens with one attached hydrogen (secondary N) is 1. The number of rotatable bonds is 4. The number of fused-ring (bicyclic) bond motifs is 2. The highest BCUT2D eigenvalue weighted by molar-refractivity contribution is 7.89. The first-order chi connectivity index (χ1) is 11.0. The fraction of sp³-hybridized carbons (Fsp3) is 0.625. The van der Waals surface area contributed by atoms with Crippen molar-refractivity contribution < 1.29 is 17.9 Å². The zero-order valence-electron chi connectivity index (χ0n) is 14.2. The van der Waals surface area contributed by atoms with Crippen LogP contribution in [0.4, 0.5) is 0 Å². The van der Waals surface area contributed by atoms with Gasteiger partial charge in [-0.05, 0) is 37.8 Å². The first-order valence-corrected chi connectivity index (χ1v) is 9.38. The third-order valence-corrected chi connectivity index (χ3v) is 6.79. The molecule has 1 aromatic rings. The third-order valence-electron chi connectivity index (χ3n) is 4.78. The Morgan fingerprint density at radius 1 is 1.08 bits per heavy atom. The van der Waals surface area contributed by atoms with Crippen LogP contribution in [-0.4, -0.2) is 52.1 Å². The second-order valence-corrected chi connectivity index (χ2v) is 8.17. The lowest BCUT2D eigenvalue weighted by Gasteiger charge is -2.25. The van der Waals surface area contributed by atoms with Gasteiger partial charge >= 0.3 is 0 Å². The quantitative estimate of drug-likeness (QED) is 0.869. The van der Waals surface area contributed by atoms with Crippen LogP contribution in [0.5, 0.6) is 11.5 Å². The Morgan fingerprint density at radius 3 is 2.38 bits per heavy atom. The SMILES string of the molecule is COc1cc(C)c(S(=O)(=O)N2CCC3CCC(C2)N3)cc1OC.Cl. The molecule has 0 aliphatic carbocycles.